The first kappa shape index (κ1) is 15.5. The average Bonchev–Trinajstić information content (AvgIpc) is 2.48. The molecule has 2 N–H and O–H groups in total. The van der Waals surface area contributed by atoms with Gasteiger partial charge < -0.3 is 5.73 Å². The standard InChI is InChI=1S/C15H19N3O2S/c1-3-13-4-5-14(16)10-15(13)21(19,20)18(2)11-12-6-8-17-9-7-12/h4-10H,3,11,16H2,1-2H3. The third-order valence-electron chi connectivity index (χ3n) is 3.31. The second kappa shape index (κ2) is 6.24. The van der Waals surface area contributed by atoms with Gasteiger partial charge in [0.05, 0.1) is 4.90 Å². The van der Waals surface area contributed by atoms with Gasteiger partial charge in [0.15, 0.2) is 0 Å². The van der Waals surface area contributed by atoms with Crippen molar-refractivity contribution in [1.82, 2.24) is 9.29 Å². The van der Waals surface area contributed by atoms with Crippen LogP contribution in [0.15, 0.2) is 47.6 Å². The molecule has 5 nitrogen and oxygen atoms in total. The fourth-order valence-electron chi connectivity index (χ4n) is 2.10. The molecule has 21 heavy (non-hydrogen) atoms. The van der Waals surface area contributed by atoms with Crippen molar-refractivity contribution in [2.75, 3.05) is 12.8 Å². The van der Waals surface area contributed by atoms with Crippen molar-refractivity contribution < 1.29 is 8.42 Å². The monoisotopic (exact) mass is 305 g/mol. The average molecular weight is 305 g/mol. The summed E-state index contributed by atoms with van der Waals surface area (Å²) in [4.78, 5) is 4.21. The van der Waals surface area contributed by atoms with Crippen molar-refractivity contribution in [3.63, 3.8) is 0 Å². The van der Waals surface area contributed by atoms with Crippen LogP contribution in [0.5, 0.6) is 0 Å². The van der Waals surface area contributed by atoms with Crippen LogP contribution in [0.25, 0.3) is 0 Å². The van der Waals surface area contributed by atoms with E-state index in [-0.39, 0.29) is 4.90 Å². The van der Waals surface area contributed by atoms with Gasteiger partial charge in [0.1, 0.15) is 0 Å². The van der Waals surface area contributed by atoms with Crippen LogP contribution in [-0.4, -0.2) is 24.8 Å². The first-order valence-electron chi connectivity index (χ1n) is 6.68. The maximum atomic E-state index is 12.7. The van der Waals surface area contributed by atoms with E-state index in [1.165, 1.54) is 10.4 Å². The Morgan fingerprint density at radius 2 is 1.86 bits per heavy atom. The lowest BCUT2D eigenvalue weighted by Crippen LogP contribution is -2.27. The molecule has 6 heteroatoms. The van der Waals surface area contributed by atoms with E-state index in [4.69, 9.17) is 5.73 Å². The van der Waals surface area contributed by atoms with E-state index in [0.29, 0.717) is 18.7 Å². The highest BCUT2D eigenvalue weighted by Gasteiger charge is 2.23. The van der Waals surface area contributed by atoms with E-state index in [0.717, 1.165) is 11.1 Å². The molecule has 2 rings (SSSR count). The summed E-state index contributed by atoms with van der Waals surface area (Å²) in [5.74, 6) is 0. The molecular weight excluding hydrogens is 286 g/mol. The van der Waals surface area contributed by atoms with E-state index in [1.54, 1.807) is 43.7 Å². The Morgan fingerprint density at radius 3 is 2.48 bits per heavy atom. The van der Waals surface area contributed by atoms with Crippen molar-refractivity contribution in [1.29, 1.82) is 0 Å². The minimum Gasteiger partial charge on any atom is -0.399 e. The summed E-state index contributed by atoms with van der Waals surface area (Å²) < 4.78 is 26.8. The molecule has 0 spiro atoms. The predicted octanol–water partition coefficient (Wildman–Crippen LogP) is 2.05. The fraction of sp³-hybridized carbons (Fsp3) is 0.267. The summed E-state index contributed by atoms with van der Waals surface area (Å²) >= 11 is 0. The number of nitrogen functional groups attached to an aromatic ring is 1. The lowest BCUT2D eigenvalue weighted by molar-refractivity contribution is 0.466. The van der Waals surface area contributed by atoms with Gasteiger partial charge in [-0.25, -0.2) is 8.42 Å². The Hall–Kier alpha value is -1.92. The molecule has 0 aliphatic carbocycles. The summed E-state index contributed by atoms with van der Waals surface area (Å²) in [6.45, 7) is 2.22. The molecule has 1 aromatic carbocycles. The minimum atomic E-state index is -3.57. The minimum absolute atomic E-state index is 0.279. The van der Waals surface area contributed by atoms with Crippen LogP contribution in [0.3, 0.4) is 0 Å². The van der Waals surface area contributed by atoms with Gasteiger partial charge in [-0.05, 0) is 41.8 Å². The van der Waals surface area contributed by atoms with Gasteiger partial charge in [-0.15, -0.1) is 0 Å². The molecule has 0 saturated carbocycles. The van der Waals surface area contributed by atoms with Gasteiger partial charge in [-0.2, -0.15) is 4.31 Å². The third-order valence-corrected chi connectivity index (χ3v) is 5.20. The SMILES string of the molecule is CCc1ccc(N)cc1S(=O)(=O)N(C)Cc1ccncc1. The number of anilines is 1. The van der Waals surface area contributed by atoms with E-state index in [1.807, 2.05) is 6.92 Å². The number of benzene rings is 1. The first-order valence-corrected chi connectivity index (χ1v) is 8.12. The Bertz CT molecular complexity index is 715. The maximum absolute atomic E-state index is 12.7. The van der Waals surface area contributed by atoms with Crippen molar-refractivity contribution in [3.05, 3.63) is 53.9 Å². The van der Waals surface area contributed by atoms with E-state index in [9.17, 15) is 8.42 Å². The lowest BCUT2D eigenvalue weighted by atomic mass is 10.1. The molecule has 0 aliphatic heterocycles. The molecule has 0 unspecified atom stereocenters. The number of nitrogens with two attached hydrogens (primary N) is 1. The predicted molar refractivity (Wildman–Crippen MR) is 83.1 cm³/mol. The summed E-state index contributed by atoms with van der Waals surface area (Å²) in [6, 6.07) is 8.61. The van der Waals surface area contributed by atoms with Crippen molar-refractivity contribution >= 4 is 15.7 Å². The number of aryl methyl sites for hydroxylation is 1. The Labute approximate surface area is 125 Å². The summed E-state index contributed by atoms with van der Waals surface area (Å²) in [5, 5.41) is 0. The van der Waals surface area contributed by atoms with Gasteiger partial charge in [-0.1, -0.05) is 13.0 Å². The summed E-state index contributed by atoms with van der Waals surface area (Å²) in [7, 11) is -2.00. The normalized spacial score (nSPS) is 11.8. The van der Waals surface area contributed by atoms with Crippen molar-refractivity contribution in [3.8, 4) is 0 Å². The molecule has 0 atom stereocenters. The second-order valence-corrected chi connectivity index (χ2v) is 6.85. The largest absolute Gasteiger partial charge is 0.399 e. The molecule has 2 aromatic rings. The quantitative estimate of drug-likeness (QED) is 0.858. The van der Waals surface area contributed by atoms with Gasteiger partial charge in [-0.3, -0.25) is 4.98 Å². The van der Waals surface area contributed by atoms with E-state index < -0.39 is 10.0 Å². The lowest BCUT2D eigenvalue weighted by Gasteiger charge is -2.19. The summed E-state index contributed by atoms with van der Waals surface area (Å²) in [5.41, 5.74) is 7.84. The van der Waals surface area contributed by atoms with Crippen LogP contribution < -0.4 is 5.73 Å². The number of rotatable bonds is 5. The highest BCUT2D eigenvalue weighted by atomic mass is 32.2. The smallest absolute Gasteiger partial charge is 0.243 e. The van der Waals surface area contributed by atoms with Crippen molar-refractivity contribution in [2.24, 2.45) is 0 Å². The number of sulfonamides is 1. The highest BCUT2D eigenvalue weighted by molar-refractivity contribution is 7.89. The molecule has 0 amide bonds. The first-order chi connectivity index (χ1) is 9.95. The molecule has 0 radical (unpaired) electrons. The van der Waals surface area contributed by atoms with Crippen molar-refractivity contribution in [2.45, 2.75) is 24.8 Å². The maximum Gasteiger partial charge on any atom is 0.243 e. The second-order valence-electron chi connectivity index (χ2n) is 4.84. The third kappa shape index (κ3) is 3.40. The Kier molecular flexibility index (Phi) is 4.59. The Balaban J connectivity index is 2.35. The van der Waals surface area contributed by atoms with Crippen LogP contribution in [0, 0.1) is 0 Å². The number of hydrogen-bond acceptors (Lipinski definition) is 4. The molecule has 1 heterocycles. The van der Waals surface area contributed by atoms with E-state index in [2.05, 4.69) is 4.98 Å². The molecule has 0 saturated heterocycles. The van der Waals surface area contributed by atoms with Crippen LogP contribution in [0.1, 0.15) is 18.1 Å². The number of pyridine rings is 1. The zero-order valence-corrected chi connectivity index (χ0v) is 13.0. The van der Waals surface area contributed by atoms with Crippen LogP contribution in [0.2, 0.25) is 0 Å². The zero-order valence-electron chi connectivity index (χ0n) is 12.2. The van der Waals surface area contributed by atoms with Gasteiger partial charge in [0, 0.05) is 31.7 Å². The van der Waals surface area contributed by atoms with Gasteiger partial charge in [0.2, 0.25) is 10.0 Å². The van der Waals surface area contributed by atoms with Gasteiger partial charge >= 0.3 is 0 Å². The molecule has 0 bridgehead atoms. The molecule has 1 aromatic heterocycles. The molecule has 0 aliphatic rings. The molecule has 112 valence electrons. The Morgan fingerprint density at radius 1 is 1.19 bits per heavy atom. The fourth-order valence-corrected chi connectivity index (χ4v) is 3.59. The number of hydrogen-bond donors (Lipinski definition) is 1. The van der Waals surface area contributed by atoms with Gasteiger partial charge in [0.25, 0.3) is 0 Å². The van der Waals surface area contributed by atoms with Crippen LogP contribution in [0.4, 0.5) is 5.69 Å². The zero-order chi connectivity index (χ0) is 15.5. The topological polar surface area (TPSA) is 76.3 Å². The highest BCUT2D eigenvalue weighted by Crippen LogP contribution is 2.23. The summed E-state index contributed by atoms with van der Waals surface area (Å²) in [6.07, 6.45) is 3.93. The van der Waals surface area contributed by atoms with Crippen LogP contribution in [-0.2, 0) is 23.0 Å². The number of aromatic nitrogens is 1. The molecular formula is C15H19N3O2S. The molecule has 0 fully saturated rings. The number of nitrogens with zero attached hydrogens (tertiary/aromatic N) is 2. The van der Waals surface area contributed by atoms with Crippen LogP contribution >= 0.6 is 0 Å². The van der Waals surface area contributed by atoms with E-state index >= 15 is 0 Å².